The van der Waals surface area contributed by atoms with Crippen molar-refractivity contribution in [3.05, 3.63) is 34.3 Å². The molecular weight excluding hydrogens is 278 g/mol. The average Bonchev–Trinajstić information content (AvgIpc) is 2.82. The Bertz CT molecular complexity index is 399. The Morgan fingerprint density at radius 2 is 2.12 bits per heavy atom. The molecule has 0 bridgehead atoms. The van der Waals surface area contributed by atoms with Crippen molar-refractivity contribution in [2.75, 3.05) is 13.6 Å². The molecular formula is C14H18BrNO. The van der Waals surface area contributed by atoms with E-state index in [9.17, 15) is 4.79 Å². The number of hydrogen-bond acceptors (Lipinski definition) is 2. The second-order valence-electron chi connectivity index (χ2n) is 4.79. The Kier molecular flexibility index (Phi) is 4.35. The summed E-state index contributed by atoms with van der Waals surface area (Å²) in [6, 6.07) is 8.23. The van der Waals surface area contributed by atoms with Crippen LogP contribution >= 0.6 is 15.9 Å². The number of rotatable bonds is 4. The van der Waals surface area contributed by atoms with Crippen molar-refractivity contribution in [2.45, 2.75) is 31.7 Å². The standard InChI is InChI=1S/C14H18BrNO/c1-16(13-7-2-3-8-13)10-14(17)11-5-4-6-12(15)9-11/h4-6,9,13H,2-3,7-8,10H2,1H3. The quantitative estimate of drug-likeness (QED) is 0.793. The average molecular weight is 296 g/mol. The highest BCUT2D eigenvalue weighted by Crippen LogP contribution is 2.22. The SMILES string of the molecule is CN(CC(=O)c1cccc(Br)c1)C1CCCC1. The minimum atomic E-state index is 0.209. The first-order valence-corrected chi connectivity index (χ1v) is 6.95. The lowest BCUT2D eigenvalue weighted by Gasteiger charge is -2.23. The second kappa shape index (κ2) is 5.78. The van der Waals surface area contributed by atoms with Crippen LogP contribution in [0, 0.1) is 0 Å². The molecule has 0 radical (unpaired) electrons. The molecule has 0 heterocycles. The Morgan fingerprint density at radius 1 is 1.41 bits per heavy atom. The number of halogens is 1. The molecule has 0 unspecified atom stereocenters. The summed E-state index contributed by atoms with van der Waals surface area (Å²) < 4.78 is 0.965. The van der Waals surface area contributed by atoms with E-state index in [2.05, 4.69) is 27.9 Å². The zero-order valence-corrected chi connectivity index (χ0v) is 11.7. The summed E-state index contributed by atoms with van der Waals surface area (Å²) in [4.78, 5) is 14.3. The molecule has 0 spiro atoms. The van der Waals surface area contributed by atoms with Gasteiger partial charge in [-0.3, -0.25) is 9.69 Å². The van der Waals surface area contributed by atoms with Gasteiger partial charge in [0.15, 0.2) is 5.78 Å². The monoisotopic (exact) mass is 295 g/mol. The second-order valence-corrected chi connectivity index (χ2v) is 5.70. The molecule has 0 atom stereocenters. The van der Waals surface area contributed by atoms with Crippen LogP contribution in [0.25, 0.3) is 0 Å². The maximum absolute atomic E-state index is 12.1. The summed E-state index contributed by atoms with van der Waals surface area (Å²) in [6.07, 6.45) is 5.09. The molecule has 2 nitrogen and oxygen atoms in total. The fraction of sp³-hybridized carbons (Fsp3) is 0.500. The van der Waals surface area contributed by atoms with Crippen molar-refractivity contribution >= 4 is 21.7 Å². The van der Waals surface area contributed by atoms with Crippen molar-refractivity contribution in [3.63, 3.8) is 0 Å². The minimum absolute atomic E-state index is 0.209. The number of carbonyl (C=O) groups is 1. The number of hydrogen-bond donors (Lipinski definition) is 0. The molecule has 1 aliphatic carbocycles. The fourth-order valence-corrected chi connectivity index (χ4v) is 2.85. The third-order valence-electron chi connectivity index (χ3n) is 3.49. The molecule has 0 aromatic heterocycles. The van der Waals surface area contributed by atoms with E-state index in [0.29, 0.717) is 12.6 Å². The van der Waals surface area contributed by atoms with Crippen molar-refractivity contribution in [1.29, 1.82) is 0 Å². The Hall–Kier alpha value is -0.670. The molecule has 92 valence electrons. The van der Waals surface area contributed by atoms with Crippen LogP contribution in [0.2, 0.25) is 0 Å². The molecule has 0 N–H and O–H groups in total. The molecule has 1 aromatic rings. The van der Waals surface area contributed by atoms with Gasteiger partial charge in [0.2, 0.25) is 0 Å². The lowest BCUT2D eigenvalue weighted by molar-refractivity contribution is 0.0921. The summed E-state index contributed by atoms with van der Waals surface area (Å²) in [5.41, 5.74) is 0.796. The van der Waals surface area contributed by atoms with E-state index in [1.54, 1.807) is 0 Å². The van der Waals surface area contributed by atoms with Gasteiger partial charge in [-0.05, 0) is 32.0 Å². The van der Waals surface area contributed by atoms with Crippen LogP contribution in [-0.4, -0.2) is 30.3 Å². The zero-order chi connectivity index (χ0) is 12.3. The van der Waals surface area contributed by atoms with Crippen LogP contribution in [0.5, 0.6) is 0 Å². The summed E-state index contributed by atoms with van der Waals surface area (Å²) in [6.45, 7) is 0.529. The lowest BCUT2D eigenvalue weighted by Crippen LogP contribution is -2.34. The van der Waals surface area contributed by atoms with Gasteiger partial charge in [0.25, 0.3) is 0 Å². The van der Waals surface area contributed by atoms with Gasteiger partial charge in [0.1, 0.15) is 0 Å². The normalized spacial score (nSPS) is 16.6. The number of Topliss-reactive ketones (excluding diaryl/α,β-unsaturated/α-hetero) is 1. The van der Waals surface area contributed by atoms with Gasteiger partial charge >= 0.3 is 0 Å². The number of ketones is 1. The minimum Gasteiger partial charge on any atom is -0.296 e. The van der Waals surface area contributed by atoms with E-state index >= 15 is 0 Å². The first kappa shape index (κ1) is 12.8. The molecule has 2 rings (SSSR count). The zero-order valence-electron chi connectivity index (χ0n) is 10.2. The molecule has 0 aliphatic heterocycles. The van der Waals surface area contributed by atoms with E-state index in [1.807, 2.05) is 24.3 Å². The van der Waals surface area contributed by atoms with Crippen LogP contribution in [-0.2, 0) is 0 Å². The Balaban J connectivity index is 1.96. The largest absolute Gasteiger partial charge is 0.296 e. The van der Waals surface area contributed by atoms with Crippen LogP contribution in [0.15, 0.2) is 28.7 Å². The number of nitrogens with zero attached hydrogens (tertiary/aromatic N) is 1. The molecule has 1 aliphatic rings. The van der Waals surface area contributed by atoms with Crippen molar-refractivity contribution < 1.29 is 4.79 Å². The van der Waals surface area contributed by atoms with Gasteiger partial charge in [-0.15, -0.1) is 0 Å². The van der Waals surface area contributed by atoms with Gasteiger partial charge < -0.3 is 0 Å². The van der Waals surface area contributed by atoms with Crippen molar-refractivity contribution in [1.82, 2.24) is 4.90 Å². The number of benzene rings is 1. The molecule has 1 aromatic carbocycles. The molecule has 1 fully saturated rings. The highest BCUT2D eigenvalue weighted by Gasteiger charge is 2.21. The Labute approximate surface area is 111 Å². The number of likely N-dealkylation sites (N-methyl/N-ethyl adjacent to an activating group) is 1. The predicted octanol–water partition coefficient (Wildman–Crippen LogP) is 3.51. The molecule has 17 heavy (non-hydrogen) atoms. The van der Waals surface area contributed by atoms with Crippen LogP contribution in [0.4, 0.5) is 0 Å². The molecule has 0 saturated heterocycles. The van der Waals surface area contributed by atoms with Gasteiger partial charge in [-0.2, -0.15) is 0 Å². The third kappa shape index (κ3) is 3.39. The fourth-order valence-electron chi connectivity index (χ4n) is 2.45. The number of carbonyl (C=O) groups excluding carboxylic acids is 1. The molecule has 3 heteroatoms. The van der Waals surface area contributed by atoms with E-state index in [-0.39, 0.29) is 5.78 Å². The topological polar surface area (TPSA) is 20.3 Å². The predicted molar refractivity (Wildman–Crippen MR) is 73.4 cm³/mol. The van der Waals surface area contributed by atoms with Gasteiger partial charge in [0, 0.05) is 16.1 Å². The maximum Gasteiger partial charge on any atom is 0.176 e. The first-order chi connectivity index (χ1) is 8.16. The highest BCUT2D eigenvalue weighted by molar-refractivity contribution is 9.10. The van der Waals surface area contributed by atoms with Crippen LogP contribution < -0.4 is 0 Å². The van der Waals surface area contributed by atoms with E-state index < -0.39 is 0 Å². The highest BCUT2D eigenvalue weighted by atomic mass is 79.9. The van der Waals surface area contributed by atoms with E-state index in [1.165, 1.54) is 25.7 Å². The van der Waals surface area contributed by atoms with Crippen LogP contribution in [0.3, 0.4) is 0 Å². The van der Waals surface area contributed by atoms with E-state index in [4.69, 9.17) is 0 Å². The van der Waals surface area contributed by atoms with Crippen molar-refractivity contribution in [2.24, 2.45) is 0 Å². The van der Waals surface area contributed by atoms with Crippen LogP contribution in [0.1, 0.15) is 36.0 Å². The molecule has 0 amide bonds. The van der Waals surface area contributed by atoms with Crippen molar-refractivity contribution in [3.8, 4) is 0 Å². The lowest BCUT2D eigenvalue weighted by atomic mass is 10.1. The summed E-state index contributed by atoms with van der Waals surface area (Å²) in [5, 5.41) is 0. The summed E-state index contributed by atoms with van der Waals surface area (Å²) in [7, 11) is 2.06. The molecule has 1 saturated carbocycles. The Morgan fingerprint density at radius 3 is 2.76 bits per heavy atom. The summed E-state index contributed by atoms with van der Waals surface area (Å²) in [5.74, 6) is 0.209. The maximum atomic E-state index is 12.1. The third-order valence-corrected chi connectivity index (χ3v) is 3.98. The van der Waals surface area contributed by atoms with Gasteiger partial charge in [-0.25, -0.2) is 0 Å². The van der Waals surface area contributed by atoms with Gasteiger partial charge in [0.05, 0.1) is 6.54 Å². The summed E-state index contributed by atoms with van der Waals surface area (Å²) >= 11 is 3.40. The van der Waals surface area contributed by atoms with Gasteiger partial charge in [-0.1, -0.05) is 40.9 Å². The first-order valence-electron chi connectivity index (χ1n) is 6.16. The van der Waals surface area contributed by atoms with E-state index in [0.717, 1.165) is 10.0 Å². The smallest absolute Gasteiger partial charge is 0.176 e.